The summed E-state index contributed by atoms with van der Waals surface area (Å²) in [6.45, 7) is 0.790. The van der Waals surface area contributed by atoms with Crippen molar-refractivity contribution in [2.75, 3.05) is 18.8 Å². The zero-order chi connectivity index (χ0) is 14.5. The molecule has 1 aliphatic heterocycles. The van der Waals surface area contributed by atoms with Crippen LogP contribution in [0.25, 0.3) is 0 Å². The molecule has 1 aliphatic rings. The summed E-state index contributed by atoms with van der Waals surface area (Å²) in [6, 6.07) is -0.144. The molecule has 1 unspecified atom stereocenters. The van der Waals surface area contributed by atoms with Gasteiger partial charge in [0.15, 0.2) is 0 Å². The maximum atomic E-state index is 12.1. The Morgan fingerprint density at radius 2 is 1.90 bits per heavy atom. The first kappa shape index (κ1) is 19.9. The van der Waals surface area contributed by atoms with Crippen molar-refractivity contribution in [3.63, 3.8) is 0 Å². The second-order valence-corrected chi connectivity index (χ2v) is 6.91. The van der Waals surface area contributed by atoms with Crippen LogP contribution in [0.15, 0.2) is 0 Å². The van der Waals surface area contributed by atoms with E-state index >= 15 is 0 Å². The number of nitrogens with two attached hydrogens (primary N) is 1. The standard InChI is InChI=1S/C11H21F3N2O2S.ClH/c12-11(13,14)6-3-9-19(17,18)16-8-2-1-4-10(16)5-7-15;/h10H,1-9,15H2;1H. The Labute approximate surface area is 124 Å². The summed E-state index contributed by atoms with van der Waals surface area (Å²) in [6.07, 6.45) is -2.71. The van der Waals surface area contributed by atoms with Crippen molar-refractivity contribution in [3.8, 4) is 0 Å². The number of hydrogen-bond donors (Lipinski definition) is 1. The SMILES string of the molecule is Cl.NCCC1CCCCN1S(=O)(=O)CCCC(F)(F)F. The molecule has 1 rings (SSSR count). The zero-order valence-electron chi connectivity index (χ0n) is 11.2. The molecule has 0 amide bonds. The zero-order valence-corrected chi connectivity index (χ0v) is 12.9. The van der Waals surface area contributed by atoms with Gasteiger partial charge in [-0.2, -0.15) is 17.5 Å². The smallest absolute Gasteiger partial charge is 0.330 e. The second kappa shape index (κ2) is 8.41. The van der Waals surface area contributed by atoms with Crippen LogP contribution in [0.2, 0.25) is 0 Å². The number of hydrogen-bond acceptors (Lipinski definition) is 3. The predicted molar refractivity (Wildman–Crippen MR) is 74.3 cm³/mol. The summed E-state index contributed by atoms with van der Waals surface area (Å²) in [5.41, 5.74) is 5.45. The topological polar surface area (TPSA) is 63.4 Å². The summed E-state index contributed by atoms with van der Waals surface area (Å²) < 4.78 is 61.6. The first-order chi connectivity index (χ1) is 8.76. The molecule has 0 aromatic rings. The Balaban J connectivity index is 0.00000361. The van der Waals surface area contributed by atoms with Crippen LogP contribution in [0, 0.1) is 0 Å². The first-order valence-electron chi connectivity index (χ1n) is 6.52. The van der Waals surface area contributed by atoms with Crippen LogP contribution >= 0.6 is 12.4 Å². The van der Waals surface area contributed by atoms with Crippen LogP contribution in [-0.2, 0) is 10.0 Å². The van der Waals surface area contributed by atoms with Gasteiger partial charge in [-0.05, 0) is 32.2 Å². The average Bonchev–Trinajstić information content (AvgIpc) is 2.28. The largest absolute Gasteiger partial charge is 0.389 e. The number of nitrogens with zero attached hydrogens (tertiary/aromatic N) is 1. The third kappa shape index (κ3) is 6.60. The molecule has 1 fully saturated rings. The fourth-order valence-corrected chi connectivity index (χ4v) is 4.21. The highest BCUT2D eigenvalue weighted by Crippen LogP contribution is 2.25. The van der Waals surface area contributed by atoms with Gasteiger partial charge in [0, 0.05) is 19.0 Å². The number of alkyl halides is 3. The van der Waals surface area contributed by atoms with E-state index in [0.29, 0.717) is 19.5 Å². The maximum Gasteiger partial charge on any atom is 0.389 e. The van der Waals surface area contributed by atoms with Crippen molar-refractivity contribution >= 4 is 22.4 Å². The van der Waals surface area contributed by atoms with E-state index in [9.17, 15) is 21.6 Å². The summed E-state index contributed by atoms with van der Waals surface area (Å²) in [5.74, 6) is -0.437. The lowest BCUT2D eigenvalue weighted by atomic mass is 10.0. The van der Waals surface area contributed by atoms with Crippen LogP contribution in [0.5, 0.6) is 0 Å². The summed E-state index contributed by atoms with van der Waals surface area (Å²) in [4.78, 5) is 0. The van der Waals surface area contributed by atoms with Gasteiger partial charge in [-0.1, -0.05) is 6.42 Å². The van der Waals surface area contributed by atoms with Crippen molar-refractivity contribution in [2.24, 2.45) is 5.73 Å². The third-order valence-electron chi connectivity index (χ3n) is 3.29. The Hall–Kier alpha value is -0.0500. The molecule has 0 aromatic carbocycles. The van der Waals surface area contributed by atoms with Gasteiger partial charge in [-0.25, -0.2) is 8.42 Å². The predicted octanol–water partition coefficient (Wildman–Crippen LogP) is 2.28. The molecule has 20 heavy (non-hydrogen) atoms. The monoisotopic (exact) mass is 338 g/mol. The first-order valence-corrected chi connectivity index (χ1v) is 8.13. The normalized spacial score (nSPS) is 21.5. The van der Waals surface area contributed by atoms with Crippen molar-refractivity contribution in [1.29, 1.82) is 0 Å². The number of piperidine rings is 1. The van der Waals surface area contributed by atoms with Gasteiger partial charge in [0.2, 0.25) is 10.0 Å². The highest BCUT2D eigenvalue weighted by molar-refractivity contribution is 7.89. The minimum Gasteiger partial charge on any atom is -0.330 e. The van der Waals surface area contributed by atoms with E-state index < -0.39 is 28.4 Å². The van der Waals surface area contributed by atoms with Crippen LogP contribution in [0.3, 0.4) is 0 Å². The third-order valence-corrected chi connectivity index (χ3v) is 5.29. The van der Waals surface area contributed by atoms with Crippen LogP contribution in [0.1, 0.15) is 38.5 Å². The van der Waals surface area contributed by atoms with Gasteiger partial charge in [0.25, 0.3) is 0 Å². The second-order valence-electron chi connectivity index (χ2n) is 4.87. The lowest BCUT2D eigenvalue weighted by molar-refractivity contribution is -0.134. The van der Waals surface area contributed by atoms with E-state index in [2.05, 4.69) is 0 Å². The summed E-state index contributed by atoms with van der Waals surface area (Å²) >= 11 is 0. The quantitative estimate of drug-likeness (QED) is 0.808. The molecule has 9 heteroatoms. The van der Waals surface area contributed by atoms with E-state index in [0.717, 1.165) is 19.3 Å². The molecule has 1 saturated heterocycles. The highest BCUT2D eigenvalue weighted by atomic mass is 35.5. The Bertz CT molecular complexity index is 374. The van der Waals surface area contributed by atoms with Crippen molar-refractivity contribution < 1.29 is 21.6 Å². The Morgan fingerprint density at radius 1 is 1.25 bits per heavy atom. The molecule has 122 valence electrons. The van der Waals surface area contributed by atoms with E-state index in [4.69, 9.17) is 5.73 Å². The molecule has 0 aliphatic carbocycles. The van der Waals surface area contributed by atoms with Crippen molar-refractivity contribution in [1.82, 2.24) is 4.31 Å². The fourth-order valence-electron chi connectivity index (χ4n) is 2.39. The van der Waals surface area contributed by atoms with Gasteiger partial charge < -0.3 is 5.73 Å². The van der Waals surface area contributed by atoms with Gasteiger partial charge in [0.05, 0.1) is 5.75 Å². The molecule has 1 atom stereocenters. The molecule has 0 aromatic heterocycles. The van der Waals surface area contributed by atoms with Crippen molar-refractivity contribution in [2.45, 2.75) is 50.7 Å². The molecular formula is C11H22ClF3N2O2S. The molecule has 4 nitrogen and oxygen atoms in total. The maximum absolute atomic E-state index is 12.1. The van der Waals surface area contributed by atoms with Gasteiger partial charge >= 0.3 is 6.18 Å². The minimum absolute atomic E-state index is 0. The van der Waals surface area contributed by atoms with Crippen molar-refractivity contribution in [3.05, 3.63) is 0 Å². The van der Waals surface area contributed by atoms with E-state index in [1.165, 1.54) is 4.31 Å². The molecule has 2 N–H and O–H groups in total. The average molecular weight is 339 g/mol. The highest BCUT2D eigenvalue weighted by Gasteiger charge is 2.33. The van der Waals surface area contributed by atoms with Crippen LogP contribution < -0.4 is 5.73 Å². The van der Waals surface area contributed by atoms with E-state index in [-0.39, 0.29) is 24.9 Å². The molecule has 0 spiro atoms. The summed E-state index contributed by atoms with van der Waals surface area (Å²) in [5, 5.41) is 0. The molecule has 1 heterocycles. The minimum atomic E-state index is -4.30. The van der Waals surface area contributed by atoms with Gasteiger partial charge in [0.1, 0.15) is 0 Å². The lowest BCUT2D eigenvalue weighted by Gasteiger charge is -2.34. The summed E-state index contributed by atoms with van der Waals surface area (Å²) in [7, 11) is -3.60. The molecule has 0 radical (unpaired) electrons. The lowest BCUT2D eigenvalue weighted by Crippen LogP contribution is -2.45. The molecular weight excluding hydrogens is 317 g/mol. The number of sulfonamides is 1. The van der Waals surface area contributed by atoms with E-state index in [1.807, 2.05) is 0 Å². The number of halogens is 4. The Kier molecular flexibility index (Phi) is 8.39. The van der Waals surface area contributed by atoms with Crippen LogP contribution in [-0.4, -0.2) is 43.8 Å². The molecule has 0 saturated carbocycles. The van der Waals surface area contributed by atoms with E-state index in [1.54, 1.807) is 0 Å². The van der Waals surface area contributed by atoms with Gasteiger partial charge in [-0.15, -0.1) is 12.4 Å². The number of rotatable bonds is 6. The van der Waals surface area contributed by atoms with Crippen LogP contribution in [0.4, 0.5) is 13.2 Å². The Morgan fingerprint density at radius 3 is 2.45 bits per heavy atom. The fraction of sp³-hybridized carbons (Fsp3) is 1.00. The molecule has 0 bridgehead atoms. The van der Waals surface area contributed by atoms with Gasteiger partial charge in [-0.3, -0.25) is 0 Å².